The second kappa shape index (κ2) is 47.4. The van der Waals surface area contributed by atoms with Gasteiger partial charge in [-0.1, -0.05) is 194 Å². The highest BCUT2D eigenvalue weighted by atomic mass is 16.7. The number of carboxylic acid groups (broad SMARTS) is 1. The number of allylic oxidation sites excluding steroid dienone is 18. The maximum Gasteiger partial charge on any atom is 0.361 e. The Morgan fingerprint density at radius 2 is 0.864 bits per heavy atom. The van der Waals surface area contributed by atoms with Gasteiger partial charge in [0.05, 0.1) is 34.4 Å². The predicted molar refractivity (Wildman–Crippen MR) is 276 cm³/mol. The molecule has 0 aromatic heterocycles. The molecule has 1 N–H and O–H groups in total. The molecule has 0 amide bonds. The van der Waals surface area contributed by atoms with Gasteiger partial charge in [0.15, 0.2) is 6.10 Å². The average molecular weight is 921 g/mol. The number of quaternary nitrogens is 1. The van der Waals surface area contributed by atoms with E-state index in [1.807, 2.05) is 21.1 Å². The second-order valence-corrected chi connectivity index (χ2v) is 17.8. The minimum atomic E-state index is -1.53. The molecule has 374 valence electrons. The molecule has 2 unspecified atom stereocenters. The summed E-state index contributed by atoms with van der Waals surface area (Å²) in [6.45, 7) is 4.66. The van der Waals surface area contributed by atoms with Crippen LogP contribution in [0.3, 0.4) is 0 Å². The Labute approximate surface area is 403 Å². The summed E-state index contributed by atoms with van der Waals surface area (Å²) in [7, 11) is 5.93. The molecule has 66 heavy (non-hydrogen) atoms. The van der Waals surface area contributed by atoms with E-state index in [0.717, 1.165) is 77.0 Å². The minimum absolute atomic E-state index is 0.172. The van der Waals surface area contributed by atoms with Crippen LogP contribution in [0.15, 0.2) is 109 Å². The zero-order valence-electron chi connectivity index (χ0n) is 42.3. The molecule has 9 nitrogen and oxygen atoms in total. The van der Waals surface area contributed by atoms with Crippen molar-refractivity contribution in [3.63, 3.8) is 0 Å². The molecule has 0 aromatic rings. The van der Waals surface area contributed by atoms with Gasteiger partial charge in [-0.2, -0.15) is 0 Å². The molecule has 0 spiro atoms. The van der Waals surface area contributed by atoms with Gasteiger partial charge in [0, 0.05) is 12.8 Å². The fraction of sp³-hybridized carbons (Fsp3) is 0.632. The highest BCUT2D eigenvalue weighted by Gasteiger charge is 2.25. The Morgan fingerprint density at radius 3 is 1.27 bits per heavy atom. The molecule has 0 radical (unpaired) electrons. The molecular weight excluding hydrogens is 827 g/mol. The Balaban J connectivity index is 4.44. The van der Waals surface area contributed by atoms with E-state index in [-0.39, 0.29) is 38.6 Å². The molecule has 0 fully saturated rings. The highest BCUT2D eigenvalue weighted by molar-refractivity contribution is 5.71. The molecule has 0 saturated heterocycles. The van der Waals surface area contributed by atoms with Crippen LogP contribution in [0.5, 0.6) is 0 Å². The van der Waals surface area contributed by atoms with Crippen LogP contribution in [0.2, 0.25) is 0 Å². The highest BCUT2D eigenvalue weighted by Crippen LogP contribution is 2.13. The number of ether oxygens (including phenoxy) is 4. The molecule has 0 aliphatic rings. The van der Waals surface area contributed by atoms with Crippen molar-refractivity contribution in [3.05, 3.63) is 109 Å². The maximum absolute atomic E-state index is 12.8. The molecule has 0 aliphatic heterocycles. The number of rotatable bonds is 45. The van der Waals surface area contributed by atoms with E-state index in [1.54, 1.807) is 0 Å². The maximum atomic E-state index is 12.8. The van der Waals surface area contributed by atoms with Gasteiger partial charge in [-0.15, -0.1) is 0 Å². The van der Waals surface area contributed by atoms with E-state index in [0.29, 0.717) is 23.9 Å². The second-order valence-electron chi connectivity index (χ2n) is 17.8. The normalized spacial score (nSPS) is 13.8. The van der Waals surface area contributed by atoms with Gasteiger partial charge in [-0.25, -0.2) is 4.79 Å². The summed E-state index contributed by atoms with van der Waals surface area (Å²) in [4.78, 5) is 37.2. The Morgan fingerprint density at radius 1 is 0.470 bits per heavy atom. The van der Waals surface area contributed by atoms with Gasteiger partial charge in [0.25, 0.3) is 6.29 Å². The summed E-state index contributed by atoms with van der Waals surface area (Å²) in [5, 5.41) is 9.65. The number of nitrogens with zero attached hydrogens (tertiary/aromatic N) is 1. The molecule has 0 rings (SSSR count). The number of carboxylic acids is 1. The summed E-state index contributed by atoms with van der Waals surface area (Å²) in [5.74, 6) is -2.10. The minimum Gasteiger partial charge on any atom is -0.477 e. The number of esters is 2. The summed E-state index contributed by atoms with van der Waals surface area (Å²) >= 11 is 0. The summed E-state index contributed by atoms with van der Waals surface area (Å²) in [6, 6.07) is 0. The zero-order valence-corrected chi connectivity index (χ0v) is 42.3. The van der Waals surface area contributed by atoms with Crippen molar-refractivity contribution < 1.29 is 42.9 Å². The Hall–Kier alpha value is -4.05. The first-order chi connectivity index (χ1) is 32.1. The lowest BCUT2D eigenvalue weighted by molar-refractivity contribution is -0.870. The molecular formula is C57H94NO8+. The third-order valence-corrected chi connectivity index (χ3v) is 10.3. The van der Waals surface area contributed by atoms with Crippen molar-refractivity contribution in [1.29, 1.82) is 0 Å². The monoisotopic (exact) mass is 921 g/mol. The van der Waals surface area contributed by atoms with Gasteiger partial charge in [-0.3, -0.25) is 9.59 Å². The number of carbonyl (C=O) groups excluding carboxylic acids is 2. The van der Waals surface area contributed by atoms with Gasteiger partial charge in [0.2, 0.25) is 0 Å². The van der Waals surface area contributed by atoms with Gasteiger partial charge < -0.3 is 28.5 Å². The van der Waals surface area contributed by atoms with Crippen LogP contribution in [0, 0.1) is 0 Å². The topological polar surface area (TPSA) is 108 Å². The van der Waals surface area contributed by atoms with Crippen molar-refractivity contribution in [3.8, 4) is 0 Å². The van der Waals surface area contributed by atoms with E-state index in [1.165, 1.54) is 57.8 Å². The van der Waals surface area contributed by atoms with Gasteiger partial charge in [0.1, 0.15) is 13.2 Å². The van der Waals surface area contributed by atoms with Crippen molar-refractivity contribution in [2.45, 2.75) is 187 Å². The molecule has 0 aromatic carbocycles. The first-order valence-corrected chi connectivity index (χ1v) is 25.6. The van der Waals surface area contributed by atoms with E-state index in [9.17, 15) is 19.5 Å². The number of likely N-dealkylation sites (N-methyl/N-ethyl adjacent to an activating group) is 1. The van der Waals surface area contributed by atoms with Crippen LogP contribution < -0.4 is 0 Å². The summed E-state index contributed by atoms with van der Waals surface area (Å²) in [6.07, 6.45) is 61.7. The number of aliphatic carboxylic acids is 1. The first kappa shape index (κ1) is 62.0. The van der Waals surface area contributed by atoms with Crippen LogP contribution in [0.25, 0.3) is 0 Å². The quantitative estimate of drug-likeness (QED) is 0.0212. The average Bonchev–Trinajstić information content (AvgIpc) is 3.28. The van der Waals surface area contributed by atoms with Crippen molar-refractivity contribution in [1.82, 2.24) is 0 Å². The number of unbranched alkanes of at least 4 members (excludes halogenated alkanes) is 12. The Bertz CT molecular complexity index is 1440. The fourth-order valence-electron chi connectivity index (χ4n) is 6.37. The molecule has 0 aliphatic carbocycles. The van der Waals surface area contributed by atoms with Crippen molar-refractivity contribution in [2.75, 3.05) is 47.5 Å². The zero-order chi connectivity index (χ0) is 48.4. The molecule has 0 heterocycles. The van der Waals surface area contributed by atoms with Crippen molar-refractivity contribution >= 4 is 17.9 Å². The van der Waals surface area contributed by atoms with Crippen molar-refractivity contribution in [2.24, 2.45) is 0 Å². The molecule has 0 bridgehead atoms. The lowest BCUT2D eigenvalue weighted by Crippen LogP contribution is -2.40. The number of hydrogen-bond donors (Lipinski definition) is 1. The Kier molecular flexibility index (Phi) is 44.5. The smallest absolute Gasteiger partial charge is 0.361 e. The molecule has 0 saturated carbocycles. The summed E-state index contributed by atoms with van der Waals surface area (Å²) < 4.78 is 22.7. The number of hydrogen-bond acceptors (Lipinski definition) is 7. The lowest BCUT2D eigenvalue weighted by Gasteiger charge is -2.25. The SMILES string of the molecule is CC/C=C\C/C=C\C/C=C\C/C=C\C/C=C\C/C=C\C/C=C\C/C=C\C/C=C\CCCC(=O)OC(COC(=O)CCCCCCCCCCCCCC)COC(OCC[N+](C)(C)C)C(=O)O. The largest absolute Gasteiger partial charge is 0.477 e. The van der Waals surface area contributed by atoms with Crippen LogP contribution in [0.4, 0.5) is 0 Å². The lowest BCUT2D eigenvalue weighted by atomic mass is 10.0. The predicted octanol–water partition coefficient (Wildman–Crippen LogP) is 14.4. The van der Waals surface area contributed by atoms with E-state index >= 15 is 0 Å². The molecule has 2 atom stereocenters. The third kappa shape index (κ3) is 47.9. The van der Waals surface area contributed by atoms with Crippen LogP contribution in [-0.2, 0) is 33.3 Å². The van der Waals surface area contributed by atoms with Gasteiger partial charge >= 0.3 is 17.9 Å². The van der Waals surface area contributed by atoms with Gasteiger partial charge in [-0.05, 0) is 77.0 Å². The number of carbonyl (C=O) groups is 3. The van der Waals surface area contributed by atoms with Crippen LogP contribution >= 0.6 is 0 Å². The first-order valence-electron chi connectivity index (χ1n) is 25.6. The van der Waals surface area contributed by atoms with Crippen LogP contribution in [-0.4, -0.2) is 87.4 Å². The van der Waals surface area contributed by atoms with Crippen LogP contribution in [0.1, 0.15) is 174 Å². The summed E-state index contributed by atoms with van der Waals surface area (Å²) in [5.41, 5.74) is 0. The third-order valence-electron chi connectivity index (χ3n) is 10.3. The standard InChI is InChI=1S/C57H93NO8/c1-6-8-10-12-14-16-18-20-21-22-23-24-25-26-27-28-29-30-31-32-33-34-35-36-38-40-42-44-46-48-55(60)66-53(52-65-57(56(61)62)63-50-49-58(3,4)5)51-64-54(59)47-45-43-41-39-37-19-17-15-13-11-9-7-2/h8,10,14,16,20-21,23-24,26-27,29-30,32-33,35-36,40,42,53,57H,6-7,9,11-13,15,17-19,22,25,28,31,34,37-39,41,43-52H2,1-5H3/p+1/b10-8-,16-14-,21-20-,24-23-,27-26-,30-29-,33-32-,36-35-,42-40-. The fourth-order valence-corrected chi connectivity index (χ4v) is 6.37. The molecule has 9 heteroatoms. The van der Waals surface area contributed by atoms with E-state index in [2.05, 4.69) is 123 Å². The van der Waals surface area contributed by atoms with E-state index < -0.39 is 24.3 Å². The van der Waals surface area contributed by atoms with E-state index in [4.69, 9.17) is 18.9 Å².